The molecule has 0 amide bonds. The Balaban J connectivity index is 1.43. The van der Waals surface area contributed by atoms with Crippen molar-refractivity contribution >= 4 is 76.2 Å². The first kappa shape index (κ1) is 26.3. The van der Waals surface area contributed by atoms with Gasteiger partial charge < -0.3 is 13.7 Å². The van der Waals surface area contributed by atoms with Crippen molar-refractivity contribution in [1.29, 1.82) is 5.26 Å². The number of rotatable bonds is 3. The fourth-order valence-electron chi connectivity index (χ4n) is 8.46. The zero-order valence-electron chi connectivity index (χ0n) is 26.3. The largest absolute Gasteiger partial charge is 0.306 e. The lowest BCUT2D eigenvalue weighted by atomic mass is 9.91. The minimum absolute atomic E-state index is 0.704. The SMILES string of the molecule is N#Cc1ccc2ccc3c(-n4c5c6ccccc6n(-c6ccccc6)c5c5c4c4ccccc4n5-c4ccccc4)ccc4ccc1c2c43. The average Bonchev–Trinajstić information content (AvgIpc) is 3.79. The van der Waals surface area contributed by atoms with E-state index >= 15 is 0 Å². The van der Waals surface area contributed by atoms with Gasteiger partial charge in [0, 0.05) is 32.9 Å². The Morgan fingerprint density at radius 1 is 0.367 bits per heavy atom. The van der Waals surface area contributed by atoms with Crippen molar-refractivity contribution in [3.8, 4) is 23.1 Å². The summed E-state index contributed by atoms with van der Waals surface area (Å²) in [5.41, 5.74) is 11.1. The summed E-state index contributed by atoms with van der Waals surface area (Å²) >= 11 is 0. The van der Waals surface area contributed by atoms with Crippen molar-refractivity contribution in [2.24, 2.45) is 0 Å². The third-order valence-corrected chi connectivity index (χ3v) is 10.4. The van der Waals surface area contributed by atoms with Gasteiger partial charge >= 0.3 is 0 Å². The van der Waals surface area contributed by atoms with Crippen LogP contribution < -0.4 is 0 Å². The highest BCUT2D eigenvalue weighted by Gasteiger charge is 2.28. The van der Waals surface area contributed by atoms with Crippen molar-refractivity contribution < 1.29 is 0 Å². The van der Waals surface area contributed by atoms with Crippen LogP contribution in [-0.4, -0.2) is 13.7 Å². The van der Waals surface area contributed by atoms with Gasteiger partial charge in [-0.1, -0.05) is 109 Å². The van der Waals surface area contributed by atoms with Crippen LogP contribution in [0.25, 0.3) is 93.3 Å². The lowest BCUT2D eigenvalue weighted by Gasteiger charge is -2.16. The summed E-state index contributed by atoms with van der Waals surface area (Å²) < 4.78 is 7.40. The molecule has 11 rings (SSSR count). The van der Waals surface area contributed by atoms with Crippen LogP contribution in [0.3, 0.4) is 0 Å². The molecule has 0 unspecified atom stereocenters. The molecule has 0 fully saturated rings. The second kappa shape index (κ2) is 9.60. The number of nitrogens with zero attached hydrogens (tertiary/aromatic N) is 4. The molecule has 0 aliphatic rings. The molecular weight excluding hydrogens is 597 g/mol. The topological polar surface area (TPSA) is 38.6 Å². The van der Waals surface area contributed by atoms with Crippen LogP contribution >= 0.6 is 0 Å². The molecule has 0 atom stereocenters. The Bertz CT molecular complexity index is 3020. The van der Waals surface area contributed by atoms with Crippen molar-refractivity contribution in [3.63, 3.8) is 0 Å². The van der Waals surface area contributed by atoms with E-state index < -0.39 is 0 Å². The highest BCUT2D eigenvalue weighted by atomic mass is 15.1. The fraction of sp³-hybridized carbons (Fsp3) is 0. The van der Waals surface area contributed by atoms with Gasteiger partial charge in [0.1, 0.15) is 0 Å². The Labute approximate surface area is 280 Å². The standard InChI is InChI=1S/C45H26N4/c46-27-30-20-19-28-22-25-34-39(26-23-29-21-24-33(30)40(28)41(29)34)49-42-35-15-7-9-17-37(35)47(31-11-3-1-4-12-31)44(42)45-43(49)36-16-8-10-18-38(36)48(45)32-13-5-2-6-14-32/h1-26H. The van der Waals surface area contributed by atoms with Gasteiger partial charge in [0.25, 0.3) is 0 Å². The zero-order valence-corrected chi connectivity index (χ0v) is 26.3. The summed E-state index contributed by atoms with van der Waals surface area (Å²) in [6, 6.07) is 58.8. The zero-order chi connectivity index (χ0) is 32.2. The second-order valence-corrected chi connectivity index (χ2v) is 12.8. The maximum Gasteiger partial charge on any atom is 0.0998 e. The minimum atomic E-state index is 0.704. The molecule has 0 N–H and O–H groups in total. The summed E-state index contributed by atoms with van der Waals surface area (Å²) in [6.45, 7) is 0. The van der Waals surface area contributed by atoms with E-state index in [0.717, 1.165) is 49.6 Å². The molecule has 0 saturated carbocycles. The maximum absolute atomic E-state index is 10.0. The van der Waals surface area contributed by atoms with Gasteiger partial charge in [0.2, 0.25) is 0 Å². The van der Waals surface area contributed by atoms with E-state index in [4.69, 9.17) is 0 Å². The predicted octanol–water partition coefficient (Wildman–Crippen LogP) is 11.4. The van der Waals surface area contributed by atoms with E-state index in [1.165, 1.54) is 43.6 Å². The Morgan fingerprint density at radius 2 is 0.837 bits per heavy atom. The molecule has 49 heavy (non-hydrogen) atoms. The Hall–Kier alpha value is -6.83. The van der Waals surface area contributed by atoms with Crippen LogP contribution in [0.1, 0.15) is 5.56 Å². The molecule has 0 aliphatic heterocycles. The van der Waals surface area contributed by atoms with E-state index in [1.54, 1.807) is 0 Å². The summed E-state index contributed by atoms with van der Waals surface area (Å²) in [5, 5.41) is 19.3. The number of fused-ring (bicyclic) bond motifs is 7. The summed E-state index contributed by atoms with van der Waals surface area (Å²) in [5.74, 6) is 0. The molecule has 0 aliphatic carbocycles. The number of hydrogen-bond acceptors (Lipinski definition) is 1. The molecule has 4 nitrogen and oxygen atoms in total. The molecule has 8 aromatic carbocycles. The van der Waals surface area contributed by atoms with Gasteiger partial charge in [0.05, 0.1) is 50.4 Å². The number of benzene rings is 8. The monoisotopic (exact) mass is 622 g/mol. The molecular formula is C45H26N4. The first-order valence-corrected chi connectivity index (χ1v) is 16.6. The molecule has 0 radical (unpaired) electrons. The molecule has 226 valence electrons. The first-order valence-electron chi connectivity index (χ1n) is 16.6. The summed E-state index contributed by atoms with van der Waals surface area (Å²) in [7, 11) is 0. The Kier molecular flexibility index (Phi) is 5.15. The maximum atomic E-state index is 10.0. The fourth-order valence-corrected chi connectivity index (χ4v) is 8.46. The van der Waals surface area contributed by atoms with Crippen molar-refractivity contribution in [2.75, 3.05) is 0 Å². The molecule has 0 spiro atoms. The molecule has 4 heteroatoms. The van der Waals surface area contributed by atoms with Gasteiger partial charge in [-0.25, -0.2) is 0 Å². The summed E-state index contributed by atoms with van der Waals surface area (Å²) in [6.07, 6.45) is 0. The lowest BCUT2D eigenvalue weighted by molar-refractivity contribution is 1.15. The van der Waals surface area contributed by atoms with E-state index in [-0.39, 0.29) is 0 Å². The van der Waals surface area contributed by atoms with Gasteiger partial charge in [-0.15, -0.1) is 0 Å². The highest BCUT2D eigenvalue weighted by molar-refractivity contribution is 6.29. The van der Waals surface area contributed by atoms with Crippen molar-refractivity contribution in [3.05, 3.63) is 163 Å². The van der Waals surface area contributed by atoms with Crippen LogP contribution in [0.15, 0.2) is 158 Å². The van der Waals surface area contributed by atoms with Gasteiger partial charge in [-0.05, 0) is 70.1 Å². The number of aromatic nitrogens is 3. The van der Waals surface area contributed by atoms with E-state index in [0.29, 0.717) is 5.56 Å². The second-order valence-electron chi connectivity index (χ2n) is 12.8. The van der Waals surface area contributed by atoms with Crippen LogP contribution in [0.5, 0.6) is 0 Å². The minimum Gasteiger partial charge on any atom is -0.306 e. The normalized spacial score (nSPS) is 12.1. The number of para-hydroxylation sites is 4. The van der Waals surface area contributed by atoms with Gasteiger partial charge in [-0.3, -0.25) is 0 Å². The highest BCUT2D eigenvalue weighted by Crippen LogP contribution is 2.47. The quantitative estimate of drug-likeness (QED) is 0.181. The number of nitriles is 1. The van der Waals surface area contributed by atoms with Crippen LogP contribution in [-0.2, 0) is 0 Å². The predicted molar refractivity (Wildman–Crippen MR) is 203 cm³/mol. The van der Waals surface area contributed by atoms with E-state index in [9.17, 15) is 5.26 Å². The van der Waals surface area contributed by atoms with Gasteiger partial charge in [-0.2, -0.15) is 5.26 Å². The number of hydrogen-bond donors (Lipinski definition) is 0. The lowest BCUT2D eigenvalue weighted by Crippen LogP contribution is -1.97. The smallest absolute Gasteiger partial charge is 0.0998 e. The van der Waals surface area contributed by atoms with Crippen molar-refractivity contribution in [2.45, 2.75) is 0 Å². The van der Waals surface area contributed by atoms with Crippen LogP contribution in [0.4, 0.5) is 0 Å². The molecule has 11 aromatic rings. The molecule has 0 bridgehead atoms. The first-order chi connectivity index (χ1) is 24.3. The van der Waals surface area contributed by atoms with Crippen LogP contribution in [0.2, 0.25) is 0 Å². The molecule has 3 heterocycles. The van der Waals surface area contributed by atoms with Crippen molar-refractivity contribution in [1.82, 2.24) is 13.7 Å². The molecule has 3 aromatic heterocycles. The molecule has 0 saturated heterocycles. The van der Waals surface area contributed by atoms with Crippen LogP contribution in [0, 0.1) is 11.3 Å². The van der Waals surface area contributed by atoms with Gasteiger partial charge in [0.15, 0.2) is 0 Å². The van der Waals surface area contributed by atoms with E-state index in [1.807, 2.05) is 6.07 Å². The third-order valence-electron chi connectivity index (χ3n) is 10.4. The third kappa shape index (κ3) is 3.36. The summed E-state index contributed by atoms with van der Waals surface area (Å²) in [4.78, 5) is 0. The van der Waals surface area contributed by atoms with E-state index in [2.05, 4.69) is 171 Å². The Morgan fingerprint density at radius 3 is 1.41 bits per heavy atom. The average molecular weight is 623 g/mol.